The monoisotopic (exact) mass is 401 g/mol. The molecule has 3 aromatic heterocycles. The van der Waals surface area contributed by atoms with Gasteiger partial charge in [0.1, 0.15) is 17.9 Å². The van der Waals surface area contributed by atoms with E-state index in [1.54, 1.807) is 24.5 Å². The summed E-state index contributed by atoms with van der Waals surface area (Å²) in [6.07, 6.45) is 3.16. The van der Waals surface area contributed by atoms with Crippen LogP contribution in [0.2, 0.25) is 4.47 Å². The quantitative estimate of drug-likeness (QED) is 0.496. The number of pyridine rings is 1. The number of rotatable bonds is 3. The van der Waals surface area contributed by atoms with Crippen molar-refractivity contribution in [1.29, 1.82) is 0 Å². The lowest BCUT2D eigenvalue weighted by atomic mass is 10.1. The maximum Gasteiger partial charge on any atom is 0.349 e. The molecular formula is C19H13ClFN3O2S. The molecule has 1 aromatic carbocycles. The van der Waals surface area contributed by atoms with E-state index in [4.69, 9.17) is 11.6 Å². The summed E-state index contributed by atoms with van der Waals surface area (Å²) >= 11 is 7.15. The molecule has 0 atom stereocenters. The topological polar surface area (TPSA) is 61.3 Å². The van der Waals surface area contributed by atoms with Gasteiger partial charge in [0.2, 0.25) is 0 Å². The van der Waals surface area contributed by atoms with Crippen molar-refractivity contribution in [2.45, 2.75) is 13.5 Å². The van der Waals surface area contributed by atoms with Gasteiger partial charge in [0, 0.05) is 17.3 Å². The number of thiazole rings is 1. The predicted molar refractivity (Wildman–Crippen MR) is 99.7 cm³/mol. The Kier molecular flexibility index (Phi) is 4.41. The Morgan fingerprint density at radius 2 is 2.07 bits per heavy atom. The summed E-state index contributed by atoms with van der Waals surface area (Å²) in [5.41, 5.74) is 0.438. The highest BCUT2D eigenvalue weighted by molar-refractivity contribution is 7.15. The fourth-order valence-corrected chi connectivity index (χ4v) is 4.08. The number of aromatic nitrogens is 3. The molecular weight excluding hydrogens is 389 g/mol. The zero-order valence-corrected chi connectivity index (χ0v) is 15.7. The van der Waals surface area contributed by atoms with Gasteiger partial charge in [0.05, 0.1) is 17.0 Å². The molecule has 27 heavy (non-hydrogen) atoms. The molecule has 0 unspecified atom stereocenters. The van der Waals surface area contributed by atoms with E-state index < -0.39 is 17.3 Å². The standard InChI is InChI=1S/C19H13ClFN3O2S/c1-11-5-4-8-23-16(11)24(10-12-9-22-19(20)27-12)18(26)15(17(23)25)13-6-2-3-7-14(13)21/h2-9H,10H2,1H3. The molecule has 0 spiro atoms. The van der Waals surface area contributed by atoms with Crippen molar-refractivity contribution in [3.8, 4) is 17.0 Å². The first-order valence-corrected chi connectivity index (χ1v) is 9.26. The first kappa shape index (κ1) is 17.6. The Morgan fingerprint density at radius 1 is 1.30 bits per heavy atom. The highest BCUT2D eigenvalue weighted by Gasteiger charge is 2.23. The summed E-state index contributed by atoms with van der Waals surface area (Å²) < 4.78 is 17.6. The van der Waals surface area contributed by atoms with Gasteiger partial charge in [-0.25, -0.2) is 18.7 Å². The van der Waals surface area contributed by atoms with Crippen LogP contribution in [0.25, 0.3) is 16.8 Å². The summed E-state index contributed by atoms with van der Waals surface area (Å²) in [7, 11) is 0. The van der Waals surface area contributed by atoms with E-state index in [0.29, 0.717) is 10.1 Å². The van der Waals surface area contributed by atoms with Crippen molar-refractivity contribution in [2.24, 2.45) is 0 Å². The summed E-state index contributed by atoms with van der Waals surface area (Å²) in [5, 5.41) is 13.3. The van der Waals surface area contributed by atoms with E-state index in [2.05, 4.69) is 4.98 Å². The second kappa shape index (κ2) is 6.75. The first-order valence-electron chi connectivity index (χ1n) is 8.07. The van der Waals surface area contributed by atoms with Crippen LogP contribution in [-0.2, 0) is 6.54 Å². The molecule has 0 N–H and O–H groups in total. The highest BCUT2D eigenvalue weighted by atomic mass is 35.5. The average Bonchev–Trinajstić information content (AvgIpc) is 3.05. The minimum Gasteiger partial charge on any atom is -0.842 e. The highest BCUT2D eigenvalue weighted by Crippen LogP contribution is 2.26. The van der Waals surface area contributed by atoms with Crippen molar-refractivity contribution >= 4 is 28.6 Å². The van der Waals surface area contributed by atoms with E-state index in [1.807, 2.05) is 13.0 Å². The van der Waals surface area contributed by atoms with Crippen LogP contribution in [0.3, 0.4) is 0 Å². The molecule has 0 aliphatic heterocycles. The third kappa shape index (κ3) is 2.98. The Balaban J connectivity index is 2.09. The van der Waals surface area contributed by atoms with Gasteiger partial charge in [0.25, 0.3) is 5.65 Å². The maximum atomic E-state index is 14.4. The SMILES string of the molecule is Cc1cccn2c(=O)c(-c3ccccc3F)c([O-])[n+](Cc3cnc(Cl)s3)c12. The Hall–Kier alpha value is -2.77. The number of hydrogen-bond acceptors (Lipinski definition) is 4. The molecule has 0 bridgehead atoms. The lowest BCUT2D eigenvalue weighted by Crippen LogP contribution is -2.44. The van der Waals surface area contributed by atoms with Crippen LogP contribution >= 0.6 is 22.9 Å². The van der Waals surface area contributed by atoms with Crippen molar-refractivity contribution in [3.05, 3.63) is 79.9 Å². The van der Waals surface area contributed by atoms with Gasteiger partial charge >= 0.3 is 5.56 Å². The minimum atomic E-state index is -0.619. The van der Waals surface area contributed by atoms with Crippen molar-refractivity contribution in [2.75, 3.05) is 0 Å². The Labute approximate surface area is 162 Å². The third-order valence-electron chi connectivity index (χ3n) is 4.29. The van der Waals surface area contributed by atoms with Crippen LogP contribution in [0.1, 0.15) is 10.4 Å². The molecule has 0 saturated carbocycles. The van der Waals surface area contributed by atoms with E-state index in [-0.39, 0.29) is 17.7 Å². The smallest absolute Gasteiger partial charge is 0.349 e. The molecule has 8 heteroatoms. The fraction of sp³-hybridized carbons (Fsp3) is 0.105. The lowest BCUT2D eigenvalue weighted by molar-refractivity contribution is -0.708. The number of nitrogens with zero attached hydrogens (tertiary/aromatic N) is 3. The third-order valence-corrected chi connectivity index (χ3v) is 5.39. The van der Waals surface area contributed by atoms with E-state index in [1.165, 1.54) is 38.5 Å². The van der Waals surface area contributed by atoms with Crippen LogP contribution in [0, 0.1) is 12.7 Å². The van der Waals surface area contributed by atoms with Gasteiger partial charge in [-0.1, -0.05) is 29.8 Å². The molecule has 4 aromatic rings. The van der Waals surface area contributed by atoms with Gasteiger partial charge in [-0.3, -0.25) is 0 Å². The molecule has 0 radical (unpaired) electrons. The number of benzene rings is 1. The normalized spacial score (nSPS) is 11.2. The molecule has 136 valence electrons. The maximum absolute atomic E-state index is 14.4. The molecule has 0 aliphatic carbocycles. The first-order chi connectivity index (χ1) is 13.0. The van der Waals surface area contributed by atoms with Crippen LogP contribution < -0.4 is 15.2 Å². The van der Waals surface area contributed by atoms with Crippen LogP contribution in [0.5, 0.6) is 5.88 Å². The molecule has 0 aliphatic rings. The van der Waals surface area contributed by atoms with Gasteiger partial charge in [-0.15, -0.1) is 11.3 Å². The van der Waals surface area contributed by atoms with Crippen molar-refractivity contribution in [1.82, 2.24) is 9.38 Å². The number of halogens is 2. The van der Waals surface area contributed by atoms with Gasteiger partial charge in [-0.2, -0.15) is 4.40 Å². The summed E-state index contributed by atoms with van der Waals surface area (Å²) in [4.78, 5) is 17.8. The van der Waals surface area contributed by atoms with Crippen molar-refractivity contribution in [3.63, 3.8) is 0 Å². The molecule has 3 heterocycles. The number of fused-ring (bicyclic) bond motifs is 1. The van der Waals surface area contributed by atoms with Crippen LogP contribution in [0.4, 0.5) is 4.39 Å². The minimum absolute atomic E-state index is 0.0144. The van der Waals surface area contributed by atoms with Crippen molar-refractivity contribution < 1.29 is 14.1 Å². The van der Waals surface area contributed by atoms with Gasteiger partial charge in [0.15, 0.2) is 4.47 Å². The largest absolute Gasteiger partial charge is 0.842 e. The van der Waals surface area contributed by atoms with E-state index in [9.17, 15) is 14.3 Å². The number of aryl methyl sites for hydroxylation is 1. The Morgan fingerprint density at radius 3 is 2.78 bits per heavy atom. The Bertz CT molecular complexity index is 1240. The molecule has 0 saturated heterocycles. The van der Waals surface area contributed by atoms with E-state index in [0.717, 1.165) is 10.4 Å². The predicted octanol–water partition coefficient (Wildman–Crippen LogP) is 2.93. The lowest BCUT2D eigenvalue weighted by Gasteiger charge is -2.17. The molecule has 4 rings (SSSR count). The fourth-order valence-electron chi connectivity index (χ4n) is 3.11. The van der Waals surface area contributed by atoms with Crippen LogP contribution in [0.15, 0.2) is 53.6 Å². The zero-order valence-electron chi connectivity index (χ0n) is 14.1. The van der Waals surface area contributed by atoms with E-state index >= 15 is 0 Å². The second-order valence-electron chi connectivity index (χ2n) is 6.02. The zero-order chi connectivity index (χ0) is 19.1. The molecule has 0 amide bonds. The summed E-state index contributed by atoms with van der Waals surface area (Å²) in [5.74, 6) is -1.17. The van der Waals surface area contributed by atoms with Gasteiger partial charge in [-0.05, 0) is 25.1 Å². The van der Waals surface area contributed by atoms with Gasteiger partial charge < -0.3 is 5.11 Å². The molecule has 0 fully saturated rings. The summed E-state index contributed by atoms with van der Waals surface area (Å²) in [6.45, 7) is 1.99. The van der Waals surface area contributed by atoms with Crippen LogP contribution in [-0.4, -0.2) is 9.38 Å². The number of hydrogen-bond donors (Lipinski definition) is 0. The molecule has 5 nitrogen and oxygen atoms in total. The summed E-state index contributed by atoms with van der Waals surface area (Å²) in [6, 6.07) is 9.30. The second-order valence-corrected chi connectivity index (χ2v) is 7.71. The average molecular weight is 402 g/mol.